The predicted molar refractivity (Wildman–Crippen MR) is 79.2 cm³/mol. The Morgan fingerprint density at radius 1 is 1.40 bits per heavy atom. The van der Waals surface area contributed by atoms with E-state index in [-0.39, 0.29) is 10.9 Å². The maximum absolute atomic E-state index is 12.7. The highest BCUT2D eigenvalue weighted by Gasteiger charge is 2.38. The number of sulfonamides is 1. The van der Waals surface area contributed by atoms with Gasteiger partial charge in [0.1, 0.15) is 5.75 Å². The number of nitrogens with two attached hydrogens (primary N) is 1. The summed E-state index contributed by atoms with van der Waals surface area (Å²) in [7, 11) is -1.97. The lowest BCUT2D eigenvalue weighted by molar-refractivity contribution is 0.360. The highest BCUT2D eigenvalue weighted by molar-refractivity contribution is 7.89. The van der Waals surface area contributed by atoms with E-state index in [4.69, 9.17) is 10.5 Å². The Morgan fingerprint density at radius 2 is 2.05 bits per heavy atom. The average Bonchev–Trinajstić information content (AvgIpc) is 3.19. The number of benzene rings is 1. The molecule has 5 nitrogen and oxygen atoms in total. The van der Waals surface area contributed by atoms with Gasteiger partial charge >= 0.3 is 0 Å². The van der Waals surface area contributed by atoms with Crippen LogP contribution in [0, 0.1) is 5.92 Å². The molecule has 0 spiro atoms. The van der Waals surface area contributed by atoms with Crippen molar-refractivity contribution in [3.8, 4) is 5.75 Å². The van der Waals surface area contributed by atoms with Crippen LogP contribution in [-0.4, -0.2) is 32.4 Å². The van der Waals surface area contributed by atoms with Gasteiger partial charge in [-0.25, -0.2) is 8.42 Å². The van der Waals surface area contributed by atoms with Crippen molar-refractivity contribution < 1.29 is 13.2 Å². The van der Waals surface area contributed by atoms with E-state index in [2.05, 4.69) is 0 Å². The second-order valence-corrected chi connectivity index (χ2v) is 7.49. The van der Waals surface area contributed by atoms with Crippen LogP contribution in [0.25, 0.3) is 0 Å². The van der Waals surface area contributed by atoms with E-state index in [1.54, 1.807) is 16.4 Å². The molecule has 0 amide bonds. The summed E-state index contributed by atoms with van der Waals surface area (Å²) in [5.74, 6) is 0.784. The molecule has 2 N–H and O–H groups in total. The molecule has 112 valence electrons. The number of hydrogen-bond acceptors (Lipinski definition) is 4. The molecule has 0 heterocycles. The van der Waals surface area contributed by atoms with Gasteiger partial charge in [0.25, 0.3) is 0 Å². The molecule has 1 aromatic rings. The number of hydrogen-bond donors (Lipinski definition) is 1. The summed E-state index contributed by atoms with van der Waals surface area (Å²) in [5, 5.41) is 0. The zero-order valence-electron chi connectivity index (χ0n) is 12.2. The van der Waals surface area contributed by atoms with Gasteiger partial charge in [-0.2, -0.15) is 4.31 Å². The quantitative estimate of drug-likeness (QED) is 0.816. The largest absolute Gasteiger partial charge is 0.495 e. The van der Waals surface area contributed by atoms with Crippen LogP contribution in [0.3, 0.4) is 0 Å². The van der Waals surface area contributed by atoms with Crippen LogP contribution in [-0.2, 0) is 10.0 Å². The lowest BCUT2D eigenvalue weighted by Crippen LogP contribution is -2.36. The molecule has 0 unspecified atom stereocenters. The molecular formula is C14H22N2O3S. The van der Waals surface area contributed by atoms with Gasteiger partial charge in [-0.1, -0.05) is 13.8 Å². The molecule has 1 aliphatic carbocycles. The Bertz CT molecular complexity index is 580. The van der Waals surface area contributed by atoms with E-state index in [9.17, 15) is 8.42 Å². The molecule has 0 aliphatic heterocycles. The molecule has 0 aromatic heterocycles. The summed E-state index contributed by atoms with van der Waals surface area (Å²) in [6.45, 7) is 4.58. The molecule has 0 atom stereocenters. The molecule has 1 fully saturated rings. The highest BCUT2D eigenvalue weighted by atomic mass is 32.2. The van der Waals surface area contributed by atoms with Crippen LogP contribution < -0.4 is 10.5 Å². The second kappa shape index (κ2) is 5.61. The van der Waals surface area contributed by atoms with Crippen molar-refractivity contribution in [2.75, 3.05) is 19.4 Å². The lowest BCUT2D eigenvalue weighted by Gasteiger charge is -2.24. The maximum atomic E-state index is 12.7. The van der Waals surface area contributed by atoms with Gasteiger partial charge in [-0.3, -0.25) is 0 Å². The van der Waals surface area contributed by atoms with Crippen molar-refractivity contribution in [2.45, 2.75) is 37.6 Å². The van der Waals surface area contributed by atoms with E-state index >= 15 is 0 Å². The highest BCUT2D eigenvalue weighted by Crippen LogP contribution is 2.34. The Labute approximate surface area is 120 Å². The van der Waals surface area contributed by atoms with Gasteiger partial charge in [-0.05, 0) is 37.0 Å². The first-order valence-corrected chi connectivity index (χ1v) is 8.25. The fourth-order valence-electron chi connectivity index (χ4n) is 2.17. The third-order valence-corrected chi connectivity index (χ3v) is 5.22. The summed E-state index contributed by atoms with van der Waals surface area (Å²) in [5.41, 5.74) is 6.16. The fraction of sp³-hybridized carbons (Fsp3) is 0.571. The van der Waals surface area contributed by atoms with Crippen LogP contribution in [0.15, 0.2) is 23.1 Å². The number of nitrogen functional groups attached to an aromatic ring is 1. The minimum atomic E-state index is -3.48. The topological polar surface area (TPSA) is 72.6 Å². The maximum Gasteiger partial charge on any atom is 0.243 e. The Balaban J connectivity index is 2.34. The van der Waals surface area contributed by atoms with Gasteiger partial charge in [0, 0.05) is 12.6 Å². The third kappa shape index (κ3) is 3.07. The van der Waals surface area contributed by atoms with Crippen molar-refractivity contribution in [1.82, 2.24) is 4.31 Å². The molecule has 0 saturated heterocycles. The predicted octanol–water partition coefficient (Wildman–Crippen LogP) is 2.09. The normalized spacial score (nSPS) is 15.8. The monoisotopic (exact) mass is 298 g/mol. The summed E-state index contributed by atoms with van der Waals surface area (Å²) in [6.07, 6.45) is 1.88. The number of ether oxygens (including phenoxy) is 1. The van der Waals surface area contributed by atoms with Crippen LogP contribution in [0.1, 0.15) is 26.7 Å². The van der Waals surface area contributed by atoms with Crippen molar-refractivity contribution >= 4 is 15.7 Å². The fourth-order valence-corrected chi connectivity index (χ4v) is 4.06. The first-order valence-electron chi connectivity index (χ1n) is 6.81. The van der Waals surface area contributed by atoms with Crippen molar-refractivity contribution in [1.29, 1.82) is 0 Å². The zero-order valence-corrected chi connectivity index (χ0v) is 13.0. The minimum Gasteiger partial charge on any atom is -0.495 e. The van der Waals surface area contributed by atoms with Gasteiger partial charge in [0.15, 0.2) is 0 Å². The number of anilines is 1. The van der Waals surface area contributed by atoms with Gasteiger partial charge < -0.3 is 10.5 Å². The summed E-state index contributed by atoms with van der Waals surface area (Å²) >= 11 is 0. The molecule has 0 bridgehead atoms. The molecule has 1 saturated carbocycles. The van der Waals surface area contributed by atoms with Crippen LogP contribution >= 0.6 is 0 Å². The van der Waals surface area contributed by atoms with Crippen LogP contribution in [0.2, 0.25) is 0 Å². The van der Waals surface area contributed by atoms with E-state index in [1.807, 2.05) is 13.8 Å². The Morgan fingerprint density at radius 3 is 2.50 bits per heavy atom. The first-order chi connectivity index (χ1) is 9.36. The Hall–Kier alpha value is -1.27. The Kier molecular flexibility index (Phi) is 4.25. The van der Waals surface area contributed by atoms with Crippen molar-refractivity contribution in [3.63, 3.8) is 0 Å². The van der Waals surface area contributed by atoms with Crippen molar-refractivity contribution in [3.05, 3.63) is 18.2 Å². The standard InChI is InChI=1S/C14H22N2O3S/c1-10(2)9-16(11-4-5-11)20(17,18)12-6-7-14(19-3)13(15)8-12/h6-8,10-11H,4-5,9,15H2,1-3H3. The van der Waals surface area contributed by atoms with Crippen molar-refractivity contribution in [2.24, 2.45) is 5.92 Å². The SMILES string of the molecule is COc1ccc(S(=O)(=O)N(CC(C)C)C2CC2)cc1N. The van der Waals surface area contributed by atoms with E-state index in [0.29, 0.717) is 23.9 Å². The molecule has 6 heteroatoms. The molecule has 2 rings (SSSR count). The second-order valence-electron chi connectivity index (χ2n) is 5.60. The molecular weight excluding hydrogens is 276 g/mol. The minimum absolute atomic E-state index is 0.144. The zero-order chi connectivity index (χ0) is 14.9. The first kappa shape index (κ1) is 15.1. The van der Waals surface area contributed by atoms with E-state index in [0.717, 1.165) is 12.8 Å². The van der Waals surface area contributed by atoms with Crippen LogP contribution in [0.5, 0.6) is 5.75 Å². The number of nitrogens with zero attached hydrogens (tertiary/aromatic N) is 1. The number of rotatable bonds is 6. The summed E-state index contributed by atoms with van der Waals surface area (Å²) in [6, 6.07) is 4.78. The van der Waals surface area contributed by atoms with Gasteiger partial charge in [0.2, 0.25) is 10.0 Å². The van der Waals surface area contributed by atoms with E-state index < -0.39 is 10.0 Å². The van der Waals surface area contributed by atoms with Gasteiger partial charge in [-0.15, -0.1) is 0 Å². The lowest BCUT2D eigenvalue weighted by atomic mass is 10.2. The van der Waals surface area contributed by atoms with Crippen LogP contribution in [0.4, 0.5) is 5.69 Å². The van der Waals surface area contributed by atoms with Gasteiger partial charge in [0.05, 0.1) is 17.7 Å². The smallest absolute Gasteiger partial charge is 0.243 e. The molecule has 1 aliphatic rings. The number of methoxy groups -OCH3 is 1. The summed E-state index contributed by atoms with van der Waals surface area (Å²) in [4.78, 5) is 0.239. The average molecular weight is 298 g/mol. The summed E-state index contributed by atoms with van der Waals surface area (Å²) < 4.78 is 32.1. The van der Waals surface area contributed by atoms with E-state index in [1.165, 1.54) is 13.2 Å². The third-order valence-electron chi connectivity index (χ3n) is 3.31. The molecule has 1 aromatic carbocycles. The molecule has 20 heavy (non-hydrogen) atoms. The molecule has 0 radical (unpaired) electrons.